The number of carbonyl (C=O) groups excluding carboxylic acids is 1. The molecule has 2 N–H and O–H groups in total. The van der Waals surface area contributed by atoms with Crippen molar-refractivity contribution in [1.82, 2.24) is 15.2 Å². The summed E-state index contributed by atoms with van der Waals surface area (Å²) in [6.07, 6.45) is 7.69. The molecule has 4 nitrogen and oxygen atoms in total. The molecule has 1 atom stereocenters. The molecule has 2 rings (SSSR count). The minimum absolute atomic E-state index is 0.275. The quantitative estimate of drug-likeness (QED) is 0.800. The first-order valence-corrected chi connectivity index (χ1v) is 6.82. The van der Waals surface area contributed by atoms with Gasteiger partial charge in [-0.3, -0.25) is 4.79 Å². The highest BCUT2D eigenvalue weighted by Crippen LogP contribution is 2.10. The van der Waals surface area contributed by atoms with Gasteiger partial charge in [0.05, 0.1) is 0 Å². The van der Waals surface area contributed by atoms with Gasteiger partial charge in [-0.05, 0) is 49.9 Å². The Hall–Kier alpha value is -1.29. The fraction of sp³-hybridized carbons (Fsp3) is 0.643. The third-order valence-corrected chi connectivity index (χ3v) is 3.64. The lowest BCUT2D eigenvalue weighted by atomic mass is 10.1. The monoisotopic (exact) mass is 249 g/mol. The van der Waals surface area contributed by atoms with Crippen LogP contribution in [0.5, 0.6) is 0 Å². The molecule has 0 radical (unpaired) electrons. The number of H-pyrrole nitrogens is 1. The maximum atomic E-state index is 12.0. The van der Waals surface area contributed by atoms with Crippen LogP contribution in [0.15, 0.2) is 18.5 Å². The zero-order valence-electron chi connectivity index (χ0n) is 11.1. The number of rotatable bonds is 6. The molecule has 1 unspecified atom stereocenters. The van der Waals surface area contributed by atoms with Crippen molar-refractivity contribution in [3.63, 3.8) is 0 Å². The van der Waals surface area contributed by atoms with Crippen LogP contribution < -0.4 is 5.32 Å². The minimum atomic E-state index is 0.275. The summed E-state index contributed by atoms with van der Waals surface area (Å²) in [4.78, 5) is 16.9. The standard InChI is InChI=1S/C14H23N3O/c1-17(11-13-6-8-16-10-13)14(18)4-2-3-12-5-7-15-9-12/h5,7,9,13,15-16H,2-4,6,8,10-11H2,1H3. The van der Waals surface area contributed by atoms with Crippen molar-refractivity contribution in [2.75, 3.05) is 26.7 Å². The van der Waals surface area contributed by atoms with E-state index in [-0.39, 0.29) is 5.91 Å². The summed E-state index contributed by atoms with van der Waals surface area (Å²) in [7, 11) is 1.93. The molecule has 4 heteroatoms. The van der Waals surface area contributed by atoms with Crippen LogP contribution in [0, 0.1) is 5.92 Å². The summed E-state index contributed by atoms with van der Waals surface area (Å²) in [6, 6.07) is 2.07. The van der Waals surface area contributed by atoms with Gasteiger partial charge in [0.15, 0.2) is 0 Å². The van der Waals surface area contributed by atoms with Crippen molar-refractivity contribution in [3.05, 3.63) is 24.0 Å². The van der Waals surface area contributed by atoms with E-state index in [2.05, 4.69) is 16.4 Å². The molecule has 1 fully saturated rings. The van der Waals surface area contributed by atoms with Gasteiger partial charge in [0.25, 0.3) is 0 Å². The smallest absolute Gasteiger partial charge is 0.222 e. The molecule has 18 heavy (non-hydrogen) atoms. The Kier molecular flexibility index (Phi) is 4.81. The number of amides is 1. The van der Waals surface area contributed by atoms with Crippen molar-refractivity contribution in [1.29, 1.82) is 0 Å². The second-order valence-electron chi connectivity index (χ2n) is 5.21. The fourth-order valence-electron chi connectivity index (χ4n) is 2.51. The molecule has 0 spiro atoms. The van der Waals surface area contributed by atoms with E-state index in [0.29, 0.717) is 12.3 Å². The average Bonchev–Trinajstić information content (AvgIpc) is 3.01. The average molecular weight is 249 g/mol. The zero-order valence-corrected chi connectivity index (χ0v) is 11.1. The lowest BCUT2D eigenvalue weighted by Gasteiger charge is -2.20. The minimum Gasteiger partial charge on any atom is -0.367 e. The van der Waals surface area contributed by atoms with Crippen LogP contribution in [0.25, 0.3) is 0 Å². The van der Waals surface area contributed by atoms with Crippen molar-refractivity contribution in [2.24, 2.45) is 5.92 Å². The van der Waals surface area contributed by atoms with Crippen molar-refractivity contribution >= 4 is 5.91 Å². The van der Waals surface area contributed by atoms with E-state index in [1.165, 1.54) is 12.0 Å². The second kappa shape index (κ2) is 6.59. The predicted octanol–water partition coefficient (Wildman–Crippen LogP) is 1.41. The maximum absolute atomic E-state index is 12.0. The van der Waals surface area contributed by atoms with Gasteiger partial charge in [-0.25, -0.2) is 0 Å². The highest BCUT2D eigenvalue weighted by molar-refractivity contribution is 5.75. The first-order chi connectivity index (χ1) is 8.75. The molecule has 1 aliphatic heterocycles. The molecule has 1 aliphatic rings. The van der Waals surface area contributed by atoms with Crippen LogP contribution >= 0.6 is 0 Å². The molecule has 1 aromatic heterocycles. The summed E-state index contributed by atoms with van der Waals surface area (Å²) >= 11 is 0. The van der Waals surface area contributed by atoms with Crippen molar-refractivity contribution in [3.8, 4) is 0 Å². The van der Waals surface area contributed by atoms with Crippen LogP contribution in [0.4, 0.5) is 0 Å². The summed E-state index contributed by atoms with van der Waals surface area (Å²) in [5, 5.41) is 3.34. The highest BCUT2D eigenvalue weighted by Gasteiger charge is 2.18. The third kappa shape index (κ3) is 3.88. The van der Waals surface area contributed by atoms with Crippen molar-refractivity contribution < 1.29 is 4.79 Å². The van der Waals surface area contributed by atoms with Gasteiger partial charge < -0.3 is 15.2 Å². The lowest BCUT2D eigenvalue weighted by molar-refractivity contribution is -0.130. The number of hydrogen-bond donors (Lipinski definition) is 2. The Balaban J connectivity index is 1.64. The fourth-order valence-corrected chi connectivity index (χ4v) is 2.51. The van der Waals surface area contributed by atoms with Gasteiger partial charge in [-0.15, -0.1) is 0 Å². The zero-order chi connectivity index (χ0) is 12.8. The molecular weight excluding hydrogens is 226 g/mol. The normalized spacial score (nSPS) is 19.1. The highest BCUT2D eigenvalue weighted by atomic mass is 16.2. The Morgan fingerprint density at radius 2 is 2.44 bits per heavy atom. The van der Waals surface area contributed by atoms with E-state index in [9.17, 15) is 4.79 Å². The number of aromatic amines is 1. The molecule has 1 aromatic rings. The van der Waals surface area contributed by atoms with E-state index < -0.39 is 0 Å². The molecule has 1 amide bonds. The summed E-state index contributed by atoms with van der Waals surface area (Å²) in [5.41, 5.74) is 1.28. The molecule has 0 aromatic carbocycles. The summed E-state index contributed by atoms with van der Waals surface area (Å²) < 4.78 is 0. The van der Waals surface area contributed by atoms with Gasteiger partial charge in [0, 0.05) is 32.4 Å². The van der Waals surface area contributed by atoms with Gasteiger partial charge in [0.1, 0.15) is 0 Å². The van der Waals surface area contributed by atoms with Crippen LogP contribution in [-0.4, -0.2) is 42.5 Å². The van der Waals surface area contributed by atoms with E-state index in [4.69, 9.17) is 0 Å². The van der Waals surface area contributed by atoms with Crippen LogP contribution in [0.3, 0.4) is 0 Å². The molecule has 100 valence electrons. The van der Waals surface area contributed by atoms with Gasteiger partial charge in [0.2, 0.25) is 5.91 Å². The van der Waals surface area contributed by atoms with Crippen LogP contribution in [-0.2, 0) is 11.2 Å². The molecule has 2 heterocycles. The second-order valence-corrected chi connectivity index (χ2v) is 5.21. The predicted molar refractivity (Wildman–Crippen MR) is 72.3 cm³/mol. The Bertz CT molecular complexity index is 355. The number of aromatic nitrogens is 1. The van der Waals surface area contributed by atoms with Gasteiger partial charge in [-0.1, -0.05) is 0 Å². The SMILES string of the molecule is CN(CC1CCNC1)C(=O)CCCc1cc[nH]c1. The Morgan fingerprint density at radius 3 is 3.11 bits per heavy atom. The Labute approximate surface area is 109 Å². The van der Waals surface area contributed by atoms with Gasteiger partial charge >= 0.3 is 0 Å². The number of aryl methyl sites for hydroxylation is 1. The number of nitrogens with zero attached hydrogens (tertiary/aromatic N) is 1. The van der Waals surface area contributed by atoms with Crippen molar-refractivity contribution in [2.45, 2.75) is 25.7 Å². The molecule has 0 saturated carbocycles. The molecular formula is C14H23N3O. The van der Waals surface area contributed by atoms with Crippen LogP contribution in [0.2, 0.25) is 0 Å². The van der Waals surface area contributed by atoms with Gasteiger partial charge in [-0.2, -0.15) is 0 Å². The largest absolute Gasteiger partial charge is 0.367 e. The number of carbonyl (C=O) groups is 1. The number of nitrogens with one attached hydrogen (secondary N) is 2. The first-order valence-electron chi connectivity index (χ1n) is 6.82. The van der Waals surface area contributed by atoms with E-state index in [0.717, 1.165) is 32.5 Å². The lowest BCUT2D eigenvalue weighted by Crippen LogP contribution is -2.32. The van der Waals surface area contributed by atoms with E-state index in [1.807, 2.05) is 24.3 Å². The molecule has 0 aliphatic carbocycles. The van der Waals surface area contributed by atoms with E-state index in [1.54, 1.807) is 0 Å². The maximum Gasteiger partial charge on any atom is 0.222 e. The molecule has 0 bridgehead atoms. The Morgan fingerprint density at radius 1 is 1.56 bits per heavy atom. The summed E-state index contributed by atoms with van der Waals surface area (Å²) in [5.74, 6) is 0.918. The number of hydrogen-bond acceptors (Lipinski definition) is 2. The first kappa shape index (κ1) is 13.1. The molecule has 1 saturated heterocycles. The van der Waals surface area contributed by atoms with Crippen LogP contribution in [0.1, 0.15) is 24.8 Å². The third-order valence-electron chi connectivity index (χ3n) is 3.64. The summed E-state index contributed by atoms with van der Waals surface area (Å²) in [6.45, 7) is 3.05. The topological polar surface area (TPSA) is 48.1 Å². The van der Waals surface area contributed by atoms with E-state index >= 15 is 0 Å².